The number of anilines is 2. The van der Waals surface area contributed by atoms with E-state index in [1.54, 1.807) is 43.0 Å². The van der Waals surface area contributed by atoms with Crippen molar-refractivity contribution in [3.8, 4) is 0 Å². The number of benzene rings is 3. The van der Waals surface area contributed by atoms with Gasteiger partial charge in [0.1, 0.15) is 0 Å². The highest BCUT2D eigenvalue weighted by molar-refractivity contribution is 7.89. The molecule has 0 saturated carbocycles. The first kappa shape index (κ1) is 22.7. The number of carbonyl (C=O) groups excluding carboxylic acids is 2. The van der Waals surface area contributed by atoms with Crippen LogP contribution in [0.25, 0.3) is 0 Å². The summed E-state index contributed by atoms with van der Waals surface area (Å²) in [6.07, 6.45) is 0.837. The van der Waals surface area contributed by atoms with Crippen LogP contribution >= 0.6 is 0 Å². The first-order valence-corrected chi connectivity index (χ1v) is 12.2. The van der Waals surface area contributed by atoms with Gasteiger partial charge in [0.25, 0.3) is 11.8 Å². The Balaban J connectivity index is 1.42. The normalized spacial score (nSPS) is 13.1. The quantitative estimate of drug-likeness (QED) is 0.581. The Morgan fingerprint density at radius 3 is 2.18 bits per heavy atom. The van der Waals surface area contributed by atoms with Gasteiger partial charge in [-0.15, -0.1) is 0 Å². The minimum Gasteiger partial charge on any atom is -0.322 e. The Labute approximate surface area is 193 Å². The van der Waals surface area contributed by atoms with Crippen molar-refractivity contribution in [3.05, 3.63) is 89.5 Å². The molecule has 2 amide bonds. The van der Waals surface area contributed by atoms with Gasteiger partial charge >= 0.3 is 0 Å². The second kappa shape index (κ2) is 9.17. The summed E-state index contributed by atoms with van der Waals surface area (Å²) in [4.78, 5) is 27.4. The number of carbonyl (C=O) groups is 2. The maximum Gasteiger partial charge on any atom is 0.258 e. The van der Waals surface area contributed by atoms with E-state index in [2.05, 4.69) is 10.0 Å². The van der Waals surface area contributed by atoms with Crippen LogP contribution in [-0.2, 0) is 16.4 Å². The molecule has 2 N–H and O–H groups in total. The average molecular weight is 464 g/mol. The van der Waals surface area contributed by atoms with E-state index in [0.29, 0.717) is 23.4 Å². The van der Waals surface area contributed by atoms with E-state index in [1.807, 2.05) is 24.3 Å². The van der Waals surface area contributed by atoms with Crippen LogP contribution < -0.4 is 14.9 Å². The molecule has 3 aromatic carbocycles. The van der Waals surface area contributed by atoms with Gasteiger partial charge in [-0.1, -0.05) is 18.2 Å². The summed E-state index contributed by atoms with van der Waals surface area (Å²) in [7, 11) is -3.62. The van der Waals surface area contributed by atoms with E-state index in [9.17, 15) is 18.0 Å². The van der Waals surface area contributed by atoms with Crippen LogP contribution in [0.4, 0.5) is 11.4 Å². The molecule has 0 radical (unpaired) electrons. The molecule has 1 aliphatic heterocycles. The first-order valence-electron chi connectivity index (χ1n) is 10.7. The fourth-order valence-electron chi connectivity index (χ4n) is 3.77. The van der Waals surface area contributed by atoms with Gasteiger partial charge in [0.05, 0.1) is 4.90 Å². The number of sulfonamides is 1. The summed E-state index contributed by atoms with van der Waals surface area (Å²) >= 11 is 0. The number of nitrogens with zero attached hydrogens (tertiary/aromatic N) is 1. The molecule has 0 atom stereocenters. The average Bonchev–Trinajstić information content (AvgIpc) is 3.22. The van der Waals surface area contributed by atoms with Gasteiger partial charge in [-0.3, -0.25) is 9.59 Å². The zero-order chi connectivity index (χ0) is 23.6. The Kier molecular flexibility index (Phi) is 6.31. The summed E-state index contributed by atoms with van der Waals surface area (Å²) in [5.41, 5.74) is 3.50. The van der Waals surface area contributed by atoms with Gasteiger partial charge in [0, 0.05) is 35.1 Å². The molecule has 0 bridgehead atoms. The molecular formula is C25H25N3O4S. The van der Waals surface area contributed by atoms with Gasteiger partial charge < -0.3 is 10.2 Å². The molecule has 0 aliphatic carbocycles. The van der Waals surface area contributed by atoms with Crippen molar-refractivity contribution in [2.75, 3.05) is 16.8 Å². The third kappa shape index (κ3) is 4.97. The van der Waals surface area contributed by atoms with Gasteiger partial charge in [0.15, 0.2) is 0 Å². The number of fused-ring (bicyclic) bond motifs is 1. The third-order valence-electron chi connectivity index (χ3n) is 5.34. The van der Waals surface area contributed by atoms with Crippen LogP contribution in [0.5, 0.6) is 0 Å². The molecule has 1 aliphatic rings. The fourth-order valence-corrected chi connectivity index (χ4v) is 5.02. The highest BCUT2D eigenvalue weighted by Crippen LogP contribution is 2.29. The number of para-hydroxylation sites is 1. The van der Waals surface area contributed by atoms with Crippen LogP contribution in [0, 0.1) is 0 Å². The van der Waals surface area contributed by atoms with Gasteiger partial charge in [-0.2, -0.15) is 0 Å². The Hall–Kier alpha value is -3.49. The van der Waals surface area contributed by atoms with Crippen LogP contribution in [0.1, 0.15) is 40.1 Å². The topological polar surface area (TPSA) is 95.6 Å². The summed E-state index contributed by atoms with van der Waals surface area (Å²) < 4.78 is 26.9. The van der Waals surface area contributed by atoms with Gasteiger partial charge in [-0.05, 0) is 80.4 Å². The number of rotatable bonds is 6. The predicted molar refractivity (Wildman–Crippen MR) is 128 cm³/mol. The van der Waals surface area contributed by atoms with Crippen molar-refractivity contribution in [3.63, 3.8) is 0 Å². The molecule has 0 aromatic heterocycles. The summed E-state index contributed by atoms with van der Waals surface area (Å²) in [6.45, 7) is 4.12. The van der Waals surface area contributed by atoms with Crippen molar-refractivity contribution in [2.45, 2.75) is 31.2 Å². The molecule has 8 heteroatoms. The summed E-state index contributed by atoms with van der Waals surface area (Å²) in [5.74, 6) is -0.451. The second-order valence-electron chi connectivity index (χ2n) is 8.17. The Morgan fingerprint density at radius 1 is 0.879 bits per heavy atom. The molecule has 1 heterocycles. The number of hydrogen-bond donors (Lipinski definition) is 2. The molecule has 170 valence electrons. The van der Waals surface area contributed by atoms with Crippen molar-refractivity contribution in [2.24, 2.45) is 0 Å². The third-order valence-corrected chi connectivity index (χ3v) is 7.01. The van der Waals surface area contributed by atoms with Gasteiger partial charge in [-0.25, -0.2) is 13.1 Å². The largest absolute Gasteiger partial charge is 0.322 e. The van der Waals surface area contributed by atoms with E-state index in [4.69, 9.17) is 0 Å². The SMILES string of the molecule is CC(C)NS(=O)(=O)c1ccc(C(=O)Nc2ccc(C(=O)N3CCc4ccccc43)cc2)cc1. The zero-order valence-electron chi connectivity index (χ0n) is 18.4. The monoisotopic (exact) mass is 463 g/mol. The molecule has 0 spiro atoms. The predicted octanol–water partition coefficient (Wildman–Crippen LogP) is 3.83. The smallest absolute Gasteiger partial charge is 0.258 e. The van der Waals surface area contributed by atoms with E-state index in [-0.39, 0.29) is 22.8 Å². The standard InChI is InChI=1S/C25H25N3O4S/c1-17(2)27-33(31,32)22-13-9-19(10-14-22)24(29)26-21-11-7-20(8-12-21)25(30)28-16-15-18-5-3-4-6-23(18)28/h3-14,17,27H,15-16H2,1-2H3,(H,26,29). The number of nitrogens with one attached hydrogen (secondary N) is 2. The Morgan fingerprint density at radius 2 is 1.52 bits per heavy atom. The van der Waals surface area contributed by atoms with Crippen LogP contribution in [0.15, 0.2) is 77.7 Å². The highest BCUT2D eigenvalue weighted by atomic mass is 32.2. The lowest BCUT2D eigenvalue weighted by Crippen LogP contribution is -2.30. The van der Waals surface area contributed by atoms with Crippen LogP contribution in [-0.4, -0.2) is 32.8 Å². The minimum absolute atomic E-state index is 0.0790. The Bertz CT molecular complexity index is 1280. The fraction of sp³-hybridized carbons (Fsp3) is 0.200. The van der Waals surface area contributed by atoms with Gasteiger partial charge in [0.2, 0.25) is 10.0 Å². The second-order valence-corrected chi connectivity index (χ2v) is 9.88. The molecule has 3 aromatic rings. The number of hydrogen-bond acceptors (Lipinski definition) is 4. The molecule has 33 heavy (non-hydrogen) atoms. The lowest BCUT2D eigenvalue weighted by molar-refractivity contribution is 0.0988. The summed E-state index contributed by atoms with van der Waals surface area (Å²) in [6, 6.07) is 20.1. The van der Waals surface area contributed by atoms with E-state index < -0.39 is 10.0 Å². The molecule has 0 saturated heterocycles. The van der Waals surface area contributed by atoms with Crippen molar-refractivity contribution in [1.29, 1.82) is 0 Å². The molecule has 0 fully saturated rings. The van der Waals surface area contributed by atoms with Crippen LogP contribution in [0.2, 0.25) is 0 Å². The van der Waals surface area contributed by atoms with E-state index in [1.165, 1.54) is 24.3 Å². The summed E-state index contributed by atoms with van der Waals surface area (Å²) in [5, 5.41) is 2.77. The van der Waals surface area contributed by atoms with Crippen molar-refractivity contribution >= 4 is 33.2 Å². The number of amides is 2. The van der Waals surface area contributed by atoms with Crippen molar-refractivity contribution < 1.29 is 18.0 Å². The maximum atomic E-state index is 12.9. The first-order chi connectivity index (χ1) is 15.7. The molecule has 4 rings (SSSR count). The molecule has 7 nitrogen and oxygen atoms in total. The van der Waals surface area contributed by atoms with Crippen LogP contribution in [0.3, 0.4) is 0 Å². The zero-order valence-corrected chi connectivity index (χ0v) is 19.2. The van der Waals surface area contributed by atoms with E-state index in [0.717, 1.165) is 17.7 Å². The lowest BCUT2D eigenvalue weighted by Gasteiger charge is -2.17. The van der Waals surface area contributed by atoms with Crippen molar-refractivity contribution in [1.82, 2.24) is 4.72 Å². The molecule has 0 unspecified atom stereocenters. The molecular weight excluding hydrogens is 438 g/mol. The maximum absolute atomic E-state index is 12.9. The minimum atomic E-state index is -3.62. The lowest BCUT2D eigenvalue weighted by atomic mass is 10.1. The van der Waals surface area contributed by atoms with E-state index >= 15 is 0 Å². The highest BCUT2D eigenvalue weighted by Gasteiger charge is 2.25.